The van der Waals surface area contributed by atoms with Gasteiger partial charge in [0.05, 0.1) is 26.0 Å². The van der Waals surface area contributed by atoms with Crippen LogP contribution in [0.15, 0.2) is 41.9 Å². The van der Waals surface area contributed by atoms with Gasteiger partial charge in [0.1, 0.15) is 10.8 Å². The van der Waals surface area contributed by atoms with Crippen LogP contribution in [0.1, 0.15) is 0 Å². The predicted molar refractivity (Wildman–Crippen MR) is 100 cm³/mol. The lowest BCUT2D eigenvalue weighted by Crippen LogP contribution is -2.36. The number of rotatable bonds is 4. The molecule has 1 aliphatic rings. The van der Waals surface area contributed by atoms with Crippen LogP contribution in [-0.2, 0) is 4.74 Å². The molecule has 5 nitrogen and oxygen atoms in total. The molecule has 0 atom stereocenters. The number of hydrogen-bond acceptors (Lipinski definition) is 6. The Hall–Kier alpha value is -2.51. The molecule has 134 valence electrons. The maximum absolute atomic E-state index is 14.0. The number of methoxy groups -OCH3 is 1. The number of hydrogen-bond donors (Lipinski definition) is 0. The standard InChI is InChI=1S/C19H18FN3O2S/c1-24-17-3-2-13(10-15(17)20)16-12-26-19(22-16)14-4-5-21-18(11-14)23-6-8-25-9-7-23/h2-5,10-12H,6-9H2,1H3. The van der Waals surface area contributed by atoms with Crippen molar-refractivity contribution >= 4 is 17.2 Å². The fourth-order valence-electron chi connectivity index (χ4n) is 2.88. The number of pyridine rings is 1. The number of nitrogens with zero attached hydrogens (tertiary/aromatic N) is 3. The zero-order chi connectivity index (χ0) is 17.9. The quantitative estimate of drug-likeness (QED) is 0.697. The molecule has 1 aliphatic heterocycles. The summed E-state index contributed by atoms with van der Waals surface area (Å²) in [7, 11) is 1.45. The highest BCUT2D eigenvalue weighted by Crippen LogP contribution is 2.32. The topological polar surface area (TPSA) is 47.5 Å². The zero-order valence-corrected chi connectivity index (χ0v) is 15.1. The summed E-state index contributed by atoms with van der Waals surface area (Å²) in [5.74, 6) is 0.768. The minimum absolute atomic E-state index is 0.230. The molecule has 0 saturated carbocycles. The Morgan fingerprint density at radius 2 is 2.00 bits per heavy atom. The van der Waals surface area contributed by atoms with E-state index >= 15 is 0 Å². The summed E-state index contributed by atoms with van der Waals surface area (Å²) in [6, 6.07) is 8.87. The normalized spacial score (nSPS) is 14.5. The molecule has 3 heterocycles. The van der Waals surface area contributed by atoms with E-state index in [9.17, 15) is 4.39 Å². The summed E-state index contributed by atoms with van der Waals surface area (Å²) in [5.41, 5.74) is 2.48. The Labute approximate surface area is 155 Å². The van der Waals surface area contributed by atoms with Gasteiger partial charge in [-0.15, -0.1) is 11.3 Å². The predicted octanol–water partition coefficient (Wildman–Crippen LogP) is 3.86. The van der Waals surface area contributed by atoms with Crippen molar-refractivity contribution in [1.82, 2.24) is 9.97 Å². The zero-order valence-electron chi connectivity index (χ0n) is 14.3. The van der Waals surface area contributed by atoms with Crippen LogP contribution in [0.2, 0.25) is 0 Å². The third kappa shape index (κ3) is 3.40. The highest BCUT2D eigenvalue weighted by Gasteiger charge is 2.15. The number of thiazole rings is 1. The molecule has 0 unspecified atom stereocenters. The van der Waals surface area contributed by atoms with Crippen molar-refractivity contribution in [3.63, 3.8) is 0 Å². The van der Waals surface area contributed by atoms with Crippen LogP contribution in [0.3, 0.4) is 0 Å². The average molecular weight is 371 g/mol. The summed E-state index contributed by atoms with van der Waals surface area (Å²) < 4.78 is 24.3. The van der Waals surface area contributed by atoms with Gasteiger partial charge >= 0.3 is 0 Å². The van der Waals surface area contributed by atoms with Crippen molar-refractivity contribution < 1.29 is 13.9 Å². The first-order valence-corrected chi connectivity index (χ1v) is 9.21. The third-order valence-corrected chi connectivity index (χ3v) is 5.17. The van der Waals surface area contributed by atoms with Crippen LogP contribution in [-0.4, -0.2) is 43.4 Å². The van der Waals surface area contributed by atoms with Gasteiger partial charge in [-0.1, -0.05) is 0 Å². The van der Waals surface area contributed by atoms with Crippen molar-refractivity contribution in [1.29, 1.82) is 0 Å². The number of morpholine rings is 1. The minimum Gasteiger partial charge on any atom is -0.494 e. The maximum atomic E-state index is 14.0. The van der Waals surface area contributed by atoms with Gasteiger partial charge < -0.3 is 14.4 Å². The van der Waals surface area contributed by atoms with Crippen LogP contribution in [0.5, 0.6) is 5.75 Å². The lowest BCUT2D eigenvalue weighted by molar-refractivity contribution is 0.122. The minimum atomic E-state index is -0.391. The molecule has 7 heteroatoms. The Balaban J connectivity index is 1.61. The highest BCUT2D eigenvalue weighted by atomic mass is 32.1. The van der Waals surface area contributed by atoms with E-state index in [1.807, 2.05) is 23.6 Å². The van der Waals surface area contributed by atoms with E-state index in [2.05, 4.69) is 14.9 Å². The second-order valence-electron chi connectivity index (χ2n) is 5.89. The number of halogens is 1. The van der Waals surface area contributed by atoms with Gasteiger partial charge in [0, 0.05) is 35.8 Å². The molecule has 1 fully saturated rings. The molecule has 1 saturated heterocycles. The number of anilines is 1. The van der Waals surface area contributed by atoms with Crippen LogP contribution in [0.4, 0.5) is 10.2 Å². The molecule has 4 rings (SSSR count). The SMILES string of the molecule is COc1ccc(-c2csc(-c3ccnc(N4CCOCC4)c3)n2)cc1F. The Kier molecular flexibility index (Phi) is 4.81. The van der Waals surface area contributed by atoms with Crippen molar-refractivity contribution in [2.24, 2.45) is 0 Å². The Morgan fingerprint density at radius 1 is 1.15 bits per heavy atom. The van der Waals surface area contributed by atoms with Gasteiger partial charge in [-0.05, 0) is 30.3 Å². The van der Waals surface area contributed by atoms with Gasteiger partial charge in [-0.25, -0.2) is 14.4 Å². The fourth-order valence-corrected chi connectivity index (χ4v) is 3.71. The van der Waals surface area contributed by atoms with Gasteiger partial charge in [-0.2, -0.15) is 0 Å². The van der Waals surface area contributed by atoms with Gasteiger partial charge in [0.15, 0.2) is 11.6 Å². The molecule has 0 bridgehead atoms. The van der Waals surface area contributed by atoms with Crippen LogP contribution in [0.25, 0.3) is 21.8 Å². The van der Waals surface area contributed by atoms with Gasteiger partial charge in [0.2, 0.25) is 0 Å². The molecular weight excluding hydrogens is 353 g/mol. The largest absolute Gasteiger partial charge is 0.494 e. The summed E-state index contributed by atoms with van der Waals surface area (Å²) in [4.78, 5) is 11.4. The lowest BCUT2D eigenvalue weighted by Gasteiger charge is -2.27. The van der Waals surface area contributed by atoms with E-state index in [1.165, 1.54) is 24.5 Å². The molecule has 0 aliphatic carbocycles. The van der Waals surface area contributed by atoms with E-state index in [-0.39, 0.29) is 5.75 Å². The van der Waals surface area contributed by atoms with Crippen molar-refractivity contribution in [2.45, 2.75) is 0 Å². The molecule has 26 heavy (non-hydrogen) atoms. The Bertz CT molecular complexity index is 909. The van der Waals surface area contributed by atoms with E-state index in [0.717, 1.165) is 53.9 Å². The van der Waals surface area contributed by atoms with E-state index in [0.29, 0.717) is 0 Å². The molecule has 3 aromatic rings. The number of ether oxygens (including phenoxy) is 2. The summed E-state index contributed by atoms with van der Waals surface area (Å²) in [5, 5.41) is 2.82. The van der Waals surface area contributed by atoms with Crippen molar-refractivity contribution in [2.75, 3.05) is 38.3 Å². The first-order chi connectivity index (χ1) is 12.7. The average Bonchev–Trinajstić information content (AvgIpc) is 3.19. The first kappa shape index (κ1) is 16.9. The van der Waals surface area contributed by atoms with Crippen molar-refractivity contribution in [3.8, 4) is 27.6 Å². The van der Waals surface area contributed by atoms with Crippen molar-refractivity contribution in [3.05, 3.63) is 47.7 Å². The van der Waals surface area contributed by atoms with Crippen LogP contribution < -0.4 is 9.64 Å². The molecule has 0 amide bonds. The molecule has 0 N–H and O–H groups in total. The summed E-state index contributed by atoms with van der Waals surface area (Å²) >= 11 is 1.53. The van der Waals surface area contributed by atoms with Crippen LogP contribution >= 0.6 is 11.3 Å². The number of aromatic nitrogens is 2. The highest BCUT2D eigenvalue weighted by molar-refractivity contribution is 7.13. The second-order valence-corrected chi connectivity index (χ2v) is 6.75. The number of benzene rings is 1. The fraction of sp³-hybridized carbons (Fsp3) is 0.263. The Morgan fingerprint density at radius 3 is 2.77 bits per heavy atom. The summed E-state index contributed by atoms with van der Waals surface area (Å²) in [6.45, 7) is 3.11. The molecule has 1 aromatic carbocycles. The molecular formula is C19H18FN3O2S. The smallest absolute Gasteiger partial charge is 0.165 e. The van der Waals surface area contributed by atoms with E-state index in [1.54, 1.807) is 12.3 Å². The van der Waals surface area contributed by atoms with E-state index in [4.69, 9.17) is 9.47 Å². The maximum Gasteiger partial charge on any atom is 0.165 e. The first-order valence-electron chi connectivity index (χ1n) is 8.33. The van der Waals surface area contributed by atoms with Gasteiger partial charge in [-0.3, -0.25) is 0 Å². The molecule has 0 spiro atoms. The molecule has 0 radical (unpaired) electrons. The van der Waals surface area contributed by atoms with E-state index < -0.39 is 5.82 Å². The molecule has 2 aromatic heterocycles. The third-order valence-electron chi connectivity index (χ3n) is 4.28. The monoisotopic (exact) mass is 371 g/mol. The lowest BCUT2D eigenvalue weighted by atomic mass is 10.1. The van der Waals surface area contributed by atoms with Gasteiger partial charge in [0.25, 0.3) is 0 Å². The van der Waals surface area contributed by atoms with Crippen LogP contribution in [0, 0.1) is 5.82 Å². The second kappa shape index (κ2) is 7.39. The summed E-state index contributed by atoms with van der Waals surface area (Å²) in [6.07, 6.45) is 1.80.